The average Bonchev–Trinajstić information content (AvgIpc) is 3.26. The second-order valence-electron chi connectivity index (χ2n) is 3.78. The molecule has 2 nitrogen and oxygen atoms in total. The van der Waals surface area contributed by atoms with Crippen molar-refractivity contribution in [1.29, 1.82) is 0 Å². The van der Waals surface area contributed by atoms with Crippen LogP contribution in [0.4, 0.5) is 0 Å². The van der Waals surface area contributed by atoms with E-state index in [2.05, 4.69) is 72.2 Å². The normalized spacial score (nSPS) is 9.21. The molecule has 0 atom stereocenters. The van der Waals surface area contributed by atoms with E-state index in [0.29, 0.717) is 0 Å². The molecule has 3 rings (SSSR count). The van der Waals surface area contributed by atoms with Gasteiger partial charge >= 0.3 is 30.2 Å². The van der Waals surface area contributed by atoms with Crippen LogP contribution >= 0.6 is 15.9 Å². The van der Waals surface area contributed by atoms with Crippen LogP contribution < -0.4 is 0 Å². The number of rotatable bonds is 0. The molecule has 0 unspecified atom stereocenters. The molecular formula is C19H27BrO2SiZr-4. The Balaban J connectivity index is -0.000000132. The number of hydrogen-bond donors (Lipinski definition) is 2. The predicted octanol–water partition coefficient (Wildman–Crippen LogP) is 4.67. The molecular weight excluding hydrogens is 459 g/mol. The molecule has 0 spiro atoms. The minimum atomic E-state index is 0. The van der Waals surface area contributed by atoms with Gasteiger partial charge < -0.3 is 25.1 Å². The van der Waals surface area contributed by atoms with Crippen LogP contribution in [-0.2, 0) is 23.3 Å². The molecule has 2 N–H and O–H groups in total. The Bertz CT molecular complexity index is 555. The van der Waals surface area contributed by atoms with Crippen molar-refractivity contribution in [2.75, 3.05) is 14.2 Å². The average molecular weight is 487 g/mol. The quantitative estimate of drug-likeness (QED) is 0.420. The fourth-order valence-electron chi connectivity index (χ4n) is 1.69. The number of halogens is 1. The van der Waals surface area contributed by atoms with Gasteiger partial charge in [0, 0.05) is 14.2 Å². The van der Waals surface area contributed by atoms with E-state index in [1.54, 1.807) is 0 Å². The Morgan fingerprint density at radius 1 is 1.17 bits per heavy atom. The molecule has 2 aromatic rings. The van der Waals surface area contributed by atoms with Crippen LogP contribution in [0, 0.1) is 27.9 Å². The summed E-state index contributed by atoms with van der Waals surface area (Å²) in [4.78, 5) is 0. The first-order valence-electron chi connectivity index (χ1n) is 6.45. The molecule has 0 heterocycles. The van der Waals surface area contributed by atoms with Crippen LogP contribution in [0.2, 0.25) is 0 Å². The monoisotopic (exact) mass is 484 g/mol. The summed E-state index contributed by atoms with van der Waals surface area (Å²) in [6.07, 6.45) is 10.0. The van der Waals surface area contributed by atoms with Gasteiger partial charge in [0.15, 0.2) is 0 Å². The molecule has 1 aliphatic carbocycles. The van der Waals surface area contributed by atoms with E-state index < -0.39 is 0 Å². The summed E-state index contributed by atoms with van der Waals surface area (Å²) in [7, 11) is 2.00. The summed E-state index contributed by atoms with van der Waals surface area (Å²) >= 11 is 4.87. The van der Waals surface area contributed by atoms with E-state index in [1.165, 1.54) is 44.1 Å². The Labute approximate surface area is 173 Å². The van der Waals surface area contributed by atoms with Gasteiger partial charge in [-0.25, -0.2) is 12.2 Å². The number of fused-ring (bicyclic) bond motifs is 1. The van der Waals surface area contributed by atoms with E-state index in [1.807, 2.05) is 12.2 Å². The number of aliphatic hydroxyl groups is 2. The van der Waals surface area contributed by atoms with Gasteiger partial charge in [-0.15, -0.1) is 41.0 Å². The molecule has 134 valence electrons. The van der Waals surface area contributed by atoms with Crippen LogP contribution in [0.3, 0.4) is 0 Å². The molecule has 0 fully saturated rings. The van der Waals surface area contributed by atoms with E-state index in [0.717, 1.165) is 20.6 Å². The topological polar surface area (TPSA) is 40.5 Å². The Hall–Kier alpha value is -0.190. The van der Waals surface area contributed by atoms with E-state index >= 15 is 0 Å². The van der Waals surface area contributed by atoms with Crippen LogP contribution in [0.15, 0.2) is 53.0 Å². The first-order valence-corrected chi connectivity index (χ1v) is 11.4. The molecule has 0 bridgehead atoms. The summed E-state index contributed by atoms with van der Waals surface area (Å²) in [6, 6.07) is 10.7. The van der Waals surface area contributed by atoms with Gasteiger partial charge in [-0.3, -0.25) is 6.08 Å². The second kappa shape index (κ2) is 22.8. The maximum absolute atomic E-state index is 7.00. The molecule has 0 aromatic heterocycles. The van der Waals surface area contributed by atoms with Crippen LogP contribution in [0.5, 0.6) is 0 Å². The van der Waals surface area contributed by atoms with Gasteiger partial charge in [0.05, 0.1) is 0 Å². The van der Waals surface area contributed by atoms with E-state index in [-0.39, 0.29) is 14.9 Å². The number of allylic oxidation sites excluding steroid dienone is 4. The van der Waals surface area contributed by atoms with E-state index in [9.17, 15) is 0 Å². The van der Waals surface area contributed by atoms with Crippen molar-refractivity contribution in [2.45, 2.75) is 13.3 Å². The molecule has 5 heteroatoms. The zero-order valence-electron chi connectivity index (χ0n) is 15.1. The van der Waals surface area contributed by atoms with Crippen LogP contribution in [0.25, 0.3) is 10.8 Å². The van der Waals surface area contributed by atoms with Crippen molar-refractivity contribution in [3.05, 3.63) is 79.5 Å². The van der Waals surface area contributed by atoms with Crippen LogP contribution in [-0.4, -0.2) is 31.3 Å². The zero-order valence-corrected chi connectivity index (χ0v) is 20.1. The third kappa shape index (κ3) is 13.1. The van der Waals surface area contributed by atoms with E-state index in [4.69, 9.17) is 10.2 Å². The molecule has 2 radical (unpaired) electrons. The number of hydrogen-bond acceptors (Lipinski definition) is 2. The fraction of sp³-hybridized carbons (Fsp3) is 0.211. The first-order chi connectivity index (χ1) is 10.8. The van der Waals surface area contributed by atoms with Crippen molar-refractivity contribution < 1.29 is 33.5 Å². The van der Waals surface area contributed by atoms with Gasteiger partial charge in [-0.2, -0.15) is 12.1 Å². The Kier molecular flexibility index (Phi) is 30.0. The molecule has 0 aliphatic heterocycles. The Morgan fingerprint density at radius 3 is 2.12 bits per heavy atom. The Morgan fingerprint density at radius 2 is 1.75 bits per heavy atom. The zero-order chi connectivity index (χ0) is 17.4. The summed E-state index contributed by atoms with van der Waals surface area (Å²) < 4.78 is 1.18. The van der Waals surface area contributed by atoms with Crippen molar-refractivity contribution in [3.8, 4) is 0 Å². The van der Waals surface area contributed by atoms with Gasteiger partial charge in [0.1, 0.15) is 0 Å². The molecule has 1 aliphatic rings. The van der Waals surface area contributed by atoms with Crippen molar-refractivity contribution >= 4 is 33.6 Å². The number of aryl methyl sites for hydroxylation is 1. The summed E-state index contributed by atoms with van der Waals surface area (Å²) in [6.45, 7) is 5.18. The molecule has 2 aromatic carbocycles. The standard InChI is InChI=1S/C10H8Br.C5H5.2CH4O.2CH3.Si.Zr/c1-7-5-8-3-2-4-10(11)9(8)6-7;1-2-4-5-3-1;2*1-2;;;;/h2-6H,1H3;1-3H,4H2;2*2H,1H3;2*1H3;;/q2*-1;;;2*-1;;. The van der Waals surface area contributed by atoms with Crippen molar-refractivity contribution in [2.24, 2.45) is 0 Å². The molecule has 0 amide bonds. The molecule has 0 saturated carbocycles. The molecule has 24 heavy (non-hydrogen) atoms. The maximum atomic E-state index is 7.00. The third-order valence-corrected chi connectivity index (χ3v) is 3.12. The molecule has 0 saturated heterocycles. The van der Waals surface area contributed by atoms with Gasteiger partial charge in [0.2, 0.25) is 0 Å². The van der Waals surface area contributed by atoms with Crippen LogP contribution in [0.1, 0.15) is 12.0 Å². The summed E-state index contributed by atoms with van der Waals surface area (Å²) in [5.41, 5.74) is 1.33. The summed E-state index contributed by atoms with van der Waals surface area (Å²) in [5, 5.41) is 16.6. The SMILES string of the molecule is CO.CO.Cc1cc2c(Br)cccc2[cH-]1.[C-]1=CC=CC1.[CH3-].[CH3-].[Si]=[Zr]. The minimum absolute atomic E-state index is 0. The number of benzene rings is 1. The third-order valence-electron chi connectivity index (χ3n) is 2.43. The predicted molar refractivity (Wildman–Crippen MR) is 108 cm³/mol. The second-order valence-corrected chi connectivity index (χ2v) is 4.63. The van der Waals surface area contributed by atoms with Crippen molar-refractivity contribution in [3.63, 3.8) is 0 Å². The first kappa shape index (κ1) is 31.6. The number of aliphatic hydroxyl groups excluding tert-OH is 2. The fourth-order valence-corrected chi connectivity index (χ4v) is 2.18. The summed E-state index contributed by atoms with van der Waals surface area (Å²) in [5.74, 6) is 0. The van der Waals surface area contributed by atoms with Crippen molar-refractivity contribution in [1.82, 2.24) is 0 Å². The van der Waals surface area contributed by atoms with Gasteiger partial charge in [0.25, 0.3) is 0 Å². The van der Waals surface area contributed by atoms with Gasteiger partial charge in [-0.1, -0.05) is 28.9 Å². The van der Waals surface area contributed by atoms with Gasteiger partial charge in [-0.05, 0) is 4.47 Å².